The van der Waals surface area contributed by atoms with Gasteiger partial charge in [-0.25, -0.2) is 0 Å². The van der Waals surface area contributed by atoms with E-state index in [0.29, 0.717) is 12.1 Å². The van der Waals surface area contributed by atoms with E-state index in [0.717, 1.165) is 12.0 Å². The zero-order chi connectivity index (χ0) is 10.4. The van der Waals surface area contributed by atoms with Crippen molar-refractivity contribution in [3.8, 4) is 5.75 Å². The maximum atomic E-state index is 9.48. The van der Waals surface area contributed by atoms with E-state index in [2.05, 4.69) is 11.9 Å². The first-order valence-corrected chi connectivity index (χ1v) is 4.70. The van der Waals surface area contributed by atoms with Crippen LogP contribution in [0.3, 0.4) is 0 Å². The van der Waals surface area contributed by atoms with E-state index in [1.165, 1.54) is 0 Å². The molecule has 0 radical (unpaired) electrons. The molecular formula is C11H15NO2. The third-order valence-electron chi connectivity index (χ3n) is 1.96. The molecule has 3 heteroatoms. The van der Waals surface area contributed by atoms with Crippen molar-refractivity contribution in [2.24, 2.45) is 4.99 Å². The molecule has 14 heavy (non-hydrogen) atoms. The highest BCUT2D eigenvalue weighted by atomic mass is 16.3. The van der Waals surface area contributed by atoms with E-state index in [1.54, 1.807) is 12.3 Å². The predicted molar refractivity (Wildman–Crippen MR) is 57.0 cm³/mol. The number of aliphatic hydroxyl groups excluding tert-OH is 1. The summed E-state index contributed by atoms with van der Waals surface area (Å²) in [5.74, 6) is 0.226. The van der Waals surface area contributed by atoms with Crippen LogP contribution in [0.25, 0.3) is 0 Å². The molecule has 0 amide bonds. The molecule has 0 fully saturated rings. The molecule has 0 aromatic heterocycles. The van der Waals surface area contributed by atoms with Gasteiger partial charge in [0.25, 0.3) is 0 Å². The Morgan fingerprint density at radius 3 is 2.86 bits per heavy atom. The van der Waals surface area contributed by atoms with Gasteiger partial charge in [0.15, 0.2) is 0 Å². The summed E-state index contributed by atoms with van der Waals surface area (Å²) in [5, 5.41) is 18.0. The van der Waals surface area contributed by atoms with Crippen LogP contribution in [0.1, 0.15) is 18.1 Å². The number of aliphatic hydroxyl groups is 1. The van der Waals surface area contributed by atoms with Crippen molar-refractivity contribution in [1.29, 1.82) is 0 Å². The minimum atomic E-state index is 0.0325. The van der Waals surface area contributed by atoms with Crippen LogP contribution in [-0.2, 0) is 6.42 Å². The summed E-state index contributed by atoms with van der Waals surface area (Å²) in [5.41, 5.74) is 1.87. The lowest BCUT2D eigenvalue weighted by molar-refractivity contribution is 0.307. The maximum Gasteiger partial charge on any atom is 0.124 e. The molecule has 1 rings (SSSR count). The summed E-state index contributed by atoms with van der Waals surface area (Å²) < 4.78 is 0. The molecule has 0 spiro atoms. The van der Waals surface area contributed by atoms with Gasteiger partial charge in [-0.15, -0.1) is 0 Å². The van der Waals surface area contributed by atoms with E-state index in [4.69, 9.17) is 5.11 Å². The topological polar surface area (TPSA) is 52.8 Å². The zero-order valence-electron chi connectivity index (χ0n) is 8.27. The fraction of sp³-hybridized carbons (Fsp3) is 0.364. The fourth-order valence-corrected chi connectivity index (χ4v) is 1.15. The number of aromatic hydroxyl groups is 1. The smallest absolute Gasteiger partial charge is 0.124 e. The Morgan fingerprint density at radius 2 is 2.21 bits per heavy atom. The number of phenolic OH excluding ortho intramolecular Hbond substituents is 1. The van der Waals surface area contributed by atoms with Gasteiger partial charge < -0.3 is 10.2 Å². The van der Waals surface area contributed by atoms with Crippen molar-refractivity contribution < 1.29 is 10.2 Å². The van der Waals surface area contributed by atoms with Gasteiger partial charge in [-0.2, -0.15) is 0 Å². The number of nitrogens with zero attached hydrogens (tertiary/aromatic N) is 1. The number of phenols is 1. The SMILES string of the molecule is CCc1ccc(O)c(/C=N/CCO)c1. The molecule has 0 unspecified atom stereocenters. The van der Waals surface area contributed by atoms with Gasteiger partial charge in [-0.05, 0) is 24.1 Å². The highest BCUT2D eigenvalue weighted by Gasteiger charge is 1.98. The molecule has 0 saturated carbocycles. The van der Waals surface area contributed by atoms with Gasteiger partial charge in [-0.1, -0.05) is 13.0 Å². The number of benzene rings is 1. The van der Waals surface area contributed by atoms with Gasteiger partial charge >= 0.3 is 0 Å². The summed E-state index contributed by atoms with van der Waals surface area (Å²) in [7, 11) is 0. The lowest BCUT2D eigenvalue weighted by Crippen LogP contribution is -1.91. The van der Waals surface area contributed by atoms with Gasteiger partial charge in [0, 0.05) is 11.8 Å². The third-order valence-corrected chi connectivity index (χ3v) is 1.96. The number of aliphatic imine (C=N–C) groups is 1. The van der Waals surface area contributed by atoms with E-state index >= 15 is 0 Å². The third kappa shape index (κ3) is 2.85. The van der Waals surface area contributed by atoms with E-state index in [1.807, 2.05) is 12.1 Å². The second kappa shape index (κ2) is 5.40. The molecule has 0 aliphatic heterocycles. The molecule has 1 aromatic carbocycles. The highest BCUT2D eigenvalue weighted by molar-refractivity contribution is 5.83. The second-order valence-corrected chi connectivity index (χ2v) is 3.01. The van der Waals surface area contributed by atoms with E-state index in [-0.39, 0.29) is 12.4 Å². The summed E-state index contributed by atoms with van der Waals surface area (Å²) in [6.45, 7) is 2.46. The normalized spacial score (nSPS) is 11.0. The van der Waals surface area contributed by atoms with Crippen LogP contribution in [-0.4, -0.2) is 29.6 Å². The van der Waals surface area contributed by atoms with Crippen molar-refractivity contribution in [2.45, 2.75) is 13.3 Å². The Balaban J connectivity index is 2.83. The Hall–Kier alpha value is -1.35. The average molecular weight is 193 g/mol. The van der Waals surface area contributed by atoms with Gasteiger partial charge in [0.05, 0.1) is 13.2 Å². The molecule has 0 aliphatic carbocycles. The van der Waals surface area contributed by atoms with Crippen LogP contribution in [0.2, 0.25) is 0 Å². The first-order valence-electron chi connectivity index (χ1n) is 4.70. The lowest BCUT2D eigenvalue weighted by Gasteiger charge is -2.01. The largest absolute Gasteiger partial charge is 0.507 e. The fourth-order valence-electron chi connectivity index (χ4n) is 1.15. The zero-order valence-corrected chi connectivity index (χ0v) is 8.27. The summed E-state index contributed by atoms with van der Waals surface area (Å²) in [6.07, 6.45) is 2.52. The Morgan fingerprint density at radius 1 is 1.43 bits per heavy atom. The quantitative estimate of drug-likeness (QED) is 0.709. The number of hydrogen-bond acceptors (Lipinski definition) is 3. The minimum Gasteiger partial charge on any atom is -0.507 e. The van der Waals surface area contributed by atoms with Gasteiger partial charge in [-0.3, -0.25) is 4.99 Å². The Labute approximate surface area is 83.7 Å². The van der Waals surface area contributed by atoms with Crippen LogP contribution >= 0.6 is 0 Å². The van der Waals surface area contributed by atoms with Crippen LogP contribution in [0.5, 0.6) is 5.75 Å². The number of rotatable bonds is 4. The molecule has 0 saturated heterocycles. The first kappa shape index (κ1) is 10.7. The Bertz CT molecular complexity index is 321. The molecule has 0 bridgehead atoms. The van der Waals surface area contributed by atoms with Crippen LogP contribution in [0.4, 0.5) is 0 Å². The molecule has 3 nitrogen and oxygen atoms in total. The van der Waals surface area contributed by atoms with Gasteiger partial charge in [0.1, 0.15) is 5.75 Å². The van der Waals surface area contributed by atoms with Crippen LogP contribution in [0, 0.1) is 0 Å². The van der Waals surface area contributed by atoms with Gasteiger partial charge in [0.2, 0.25) is 0 Å². The van der Waals surface area contributed by atoms with Crippen molar-refractivity contribution >= 4 is 6.21 Å². The summed E-state index contributed by atoms with van der Waals surface area (Å²) >= 11 is 0. The summed E-state index contributed by atoms with van der Waals surface area (Å²) in [4.78, 5) is 3.96. The first-order chi connectivity index (χ1) is 6.77. The van der Waals surface area contributed by atoms with Crippen LogP contribution in [0.15, 0.2) is 23.2 Å². The predicted octanol–water partition coefficient (Wildman–Crippen LogP) is 1.37. The van der Waals surface area contributed by atoms with Crippen molar-refractivity contribution in [2.75, 3.05) is 13.2 Å². The highest BCUT2D eigenvalue weighted by Crippen LogP contribution is 2.16. The number of hydrogen-bond donors (Lipinski definition) is 2. The van der Waals surface area contributed by atoms with Crippen molar-refractivity contribution in [3.63, 3.8) is 0 Å². The lowest BCUT2D eigenvalue weighted by atomic mass is 10.1. The molecule has 0 aliphatic rings. The average Bonchev–Trinajstić information content (AvgIpc) is 2.21. The standard InChI is InChI=1S/C11H15NO2/c1-2-9-3-4-11(14)10(7-9)8-12-5-6-13/h3-4,7-8,13-14H,2,5-6H2,1H3/b12-8+. The molecule has 0 atom stereocenters. The molecular weight excluding hydrogens is 178 g/mol. The molecule has 1 aromatic rings. The van der Waals surface area contributed by atoms with Crippen molar-refractivity contribution in [3.05, 3.63) is 29.3 Å². The number of aryl methyl sites for hydroxylation is 1. The second-order valence-electron chi connectivity index (χ2n) is 3.01. The van der Waals surface area contributed by atoms with Crippen LogP contribution < -0.4 is 0 Å². The maximum absolute atomic E-state index is 9.48. The molecule has 2 N–H and O–H groups in total. The molecule has 0 heterocycles. The van der Waals surface area contributed by atoms with E-state index in [9.17, 15) is 5.11 Å². The minimum absolute atomic E-state index is 0.0325. The monoisotopic (exact) mass is 193 g/mol. The molecule has 76 valence electrons. The Kier molecular flexibility index (Phi) is 4.13. The summed E-state index contributed by atoms with van der Waals surface area (Å²) in [6, 6.07) is 5.45. The van der Waals surface area contributed by atoms with Crippen molar-refractivity contribution in [1.82, 2.24) is 0 Å². The van der Waals surface area contributed by atoms with E-state index < -0.39 is 0 Å².